The smallest absolute Gasteiger partial charge is 0.243 e. The number of piperazine rings is 1. The normalized spacial score (nSPS) is 22.8. The molecular weight excluding hydrogens is 360 g/mol. The fourth-order valence-electron chi connectivity index (χ4n) is 3.64. The highest BCUT2D eigenvalue weighted by Gasteiger charge is 2.35. The number of nitrogens with zero attached hydrogens (tertiary/aromatic N) is 3. The molecule has 0 amide bonds. The molecule has 2 fully saturated rings. The van der Waals surface area contributed by atoms with Crippen molar-refractivity contribution >= 4 is 33.3 Å². The molecule has 136 valence electrons. The molecule has 1 aromatic heterocycles. The topological polar surface area (TPSA) is 65.5 Å². The average molecular weight is 383 g/mol. The van der Waals surface area contributed by atoms with Crippen LogP contribution < -0.4 is 5.32 Å². The zero-order valence-corrected chi connectivity index (χ0v) is 15.6. The van der Waals surface area contributed by atoms with Crippen LogP contribution in [0.4, 0.5) is 0 Å². The molecule has 6 nitrogen and oxygen atoms in total. The van der Waals surface area contributed by atoms with E-state index < -0.39 is 10.0 Å². The molecule has 1 atom stereocenters. The first-order valence-corrected chi connectivity index (χ1v) is 9.88. The van der Waals surface area contributed by atoms with Crippen molar-refractivity contribution in [2.75, 3.05) is 39.3 Å². The van der Waals surface area contributed by atoms with Crippen molar-refractivity contribution in [3.8, 4) is 0 Å². The van der Waals surface area contributed by atoms with Crippen molar-refractivity contribution in [3.63, 3.8) is 0 Å². The summed E-state index contributed by atoms with van der Waals surface area (Å²) >= 11 is 0. The number of nitrogens with one attached hydrogen (secondary N) is 1. The molecule has 1 N–H and O–H groups in total. The number of fused-ring (bicyclic) bond motifs is 1. The van der Waals surface area contributed by atoms with Crippen molar-refractivity contribution in [1.29, 1.82) is 0 Å². The van der Waals surface area contributed by atoms with Crippen LogP contribution in [-0.2, 0) is 10.0 Å². The Morgan fingerprint density at radius 3 is 2.72 bits per heavy atom. The van der Waals surface area contributed by atoms with Gasteiger partial charge in [-0.3, -0.25) is 9.88 Å². The van der Waals surface area contributed by atoms with Gasteiger partial charge in [0.1, 0.15) is 0 Å². The number of hydrogen-bond donors (Lipinski definition) is 1. The fraction of sp³-hybridized carbons (Fsp3) is 0.471. The summed E-state index contributed by atoms with van der Waals surface area (Å²) in [5.41, 5.74) is 0.816. The summed E-state index contributed by atoms with van der Waals surface area (Å²) in [6.45, 7) is 5.16. The number of sulfonamides is 1. The molecule has 2 saturated heterocycles. The first-order chi connectivity index (χ1) is 11.6. The molecule has 0 radical (unpaired) electrons. The predicted molar refractivity (Wildman–Crippen MR) is 101 cm³/mol. The fourth-order valence-corrected chi connectivity index (χ4v) is 5.17. The molecule has 25 heavy (non-hydrogen) atoms. The largest absolute Gasteiger partial charge is 0.314 e. The standard InChI is InChI=1S/C17H22N4O2S.ClH/c22-24(23,16-3-4-17-14(12-16)2-1-6-19-17)21-9-5-15(13-21)20-10-7-18-8-11-20;/h1-4,6,12,15,18H,5,7-11,13H2;1H. The summed E-state index contributed by atoms with van der Waals surface area (Å²) in [4.78, 5) is 7.03. The van der Waals surface area contributed by atoms with Gasteiger partial charge in [-0.2, -0.15) is 4.31 Å². The summed E-state index contributed by atoms with van der Waals surface area (Å²) < 4.78 is 27.6. The molecule has 0 aliphatic carbocycles. The average Bonchev–Trinajstić information content (AvgIpc) is 3.13. The summed E-state index contributed by atoms with van der Waals surface area (Å²) in [6.07, 6.45) is 2.63. The number of hydrogen-bond acceptors (Lipinski definition) is 5. The molecule has 2 aliphatic rings. The molecule has 8 heteroatoms. The van der Waals surface area contributed by atoms with E-state index in [0.29, 0.717) is 24.0 Å². The zero-order chi connectivity index (χ0) is 16.6. The van der Waals surface area contributed by atoms with E-state index in [1.165, 1.54) is 0 Å². The second kappa shape index (κ2) is 7.55. The minimum absolute atomic E-state index is 0. The second-order valence-electron chi connectivity index (χ2n) is 6.45. The number of rotatable bonds is 3. The van der Waals surface area contributed by atoms with Crippen LogP contribution in [0, 0.1) is 0 Å². The minimum atomic E-state index is -3.44. The Hall–Kier alpha value is -1.25. The number of aromatic nitrogens is 1. The quantitative estimate of drug-likeness (QED) is 0.867. The van der Waals surface area contributed by atoms with Crippen LogP contribution in [0.3, 0.4) is 0 Å². The van der Waals surface area contributed by atoms with Crippen molar-refractivity contribution in [2.24, 2.45) is 0 Å². The van der Waals surface area contributed by atoms with Gasteiger partial charge >= 0.3 is 0 Å². The van der Waals surface area contributed by atoms with Crippen LogP contribution in [0.1, 0.15) is 6.42 Å². The molecule has 0 spiro atoms. The van der Waals surface area contributed by atoms with Crippen molar-refractivity contribution < 1.29 is 8.42 Å². The van der Waals surface area contributed by atoms with Crippen LogP contribution in [0.5, 0.6) is 0 Å². The molecule has 3 heterocycles. The van der Waals surface area contributed by atoms with E-state index in [-0.39, 0.29) is 12.4 Å². The second-order valence-corrected chi connectivity index (χ2v) is 8.39. The molecule has 0 bridgehead atoms. The van der Waals surface area contributed by atoms with Crippen molar-refractivity contribution in [3.05, 3.63) is 36.5 Å². The highest BCUT2D eigenvalue weighted by atomic mass is 35.5. The van der Waals surface area contributed by atoms with Gasteiger partial charge in [0, 0.05) is 56.9 Å². The zero-order valence-electron chi connectivity index (χ0n) is 14.0. The number of halogens is 1. The van der Waals surface area contributed by atoms with Crippen LogP contribution in [0.25, 0.3) is 10.9 Å². The maximum Gasteiger partial charge on any atom is 0.243 e. The molecule has 0 saturated carbocycles. The Morgan fingerprint density at radius 2 is 1.92 bits per heavy atom. The van der Waals surface area contributed by atoms with E-state index in [1.54, 1.807) is 28.7 Å². The third-order valence-electron chi connectivity index (χ3n) is 5.01. The molecule has 2 aliphatic heterocycles. The van der Waals surface area contributed by atoms with E-state index in [0.717, 1.165) is 43.5 Å². The predicted octanol–water partition coefficient (Wildman–Crippen LogP) is 1.32. The van der Waals surface area contributed by atoms with E-state index >= 15 is 0 Å². The van der Waals surface area contributed by atoms with Crippen LogP contribution in [-0.4, -0.2) is 67.9 Å². The minimum Gasteiger partial charge on any atom is -0.314 e. The molecule has 1 unspecified atom stereocenters. The van der Waals surface area contributed by atoms with Gasteiger partial charge < -0.3 is 5.32 Å². The lowest BCUT2D eigenvalue weighted by Gasteiger charge is -2.32. The maximum absolute atomic E-state index is 13.0. The number of pyridine rings is 1. The highest BCUT2D eigenvalue weighted by Crippen LogP contribution is 2.25. The Morgan fingerprint density at radius 1 is 1.12 bits per heavy atom. The lowest BCUT2D eigenvalue weighted by atomic mass is 10.2. The third-order valence-corrected chi connectivity index (χ3v) is 6.87. The monoisotopic (exact) mass is 382 g/mol. The Kier molecular flexibility index (Phi) is 5.60. The van der Waals surface area contributed by atoms with Crippen LogP contribution in [0.15, 0.2) is 41.4 Å². The SMILES string of the molecule is Cl.O=S(=O)(c1ccc2ncccc2c1)N1CCC(N2CCNCC2)C1. The Labute approximate surface area is 154 Å². The third kappa shape index (κ3) is 3.66. The lowest BCUT2D eigenvalue weighted by molar-refractivity contribution is 0.179. The molecule has 1 aromatic carbocycles. The summed E-state index contributed by atoms with van der Waals surface area (Å²) in [5.74, 6) is 0. The van der Waals surface area contributed by atoms with E-state index in [4.69, 9.17) is 0 Å². The Bertz CT molecular complexity index is 839. The summed E-state index contributed by atoms with van der Waals surface area (Å²) in [7, 11) is -3.44. The summed E-state index contributed by atoms with van der Waals surface area (Å²) in [5, 5.41) is 4.20. The van der Waals surface area contributed by atoms with E-state index in [2.05, 4.69) is 15.2 Å². The lowest BCUT2D eigenvalue weighted by Crippen LogP contribution is -2.49. The molecule has 4 rings (SSSR count). The van der Waals surface area contributed by atoms with E-state index in [1.807, 2.05) is 12.1 Å². The van der Waals surface area contributed by atoms with Gasteiger partial charge in [0.2, 0.25) is 10.0 Å². The van der Waals surface area contributed by atoms with Crippen molar-refractivity contribution in [1.82, 2.24) is 19.5 Å². The van der Waals surface area contributed by atoms with Crippen LogP contribution >= 0.6 is 12.4 Å². The van der Waals surface area contributed by atoms with E-state index in [9.17, 15) is 8.42 Å². The van der Waals surface area contributed by atoms with Gasteiger partial charge in [0.15, 0.2) is 0 Å². The van der Waals surface area contributed by atoms with Gasteiger partial charge in [-0.05, 0) is 30.7 Å². The Balaban J connectivity index is 0.00000182. The first kappa shape index (κ1) is 18.5. The highest BCUT2D eigenvalue weighted by molar-refractivity contribution is 7.89. The summed E-state index contributed by atoms with van der Waals surface area (Å²) in [6, 6.07) is 9.25. The van der Waals surface area contributed by atoms with Gasteiger partial charge in [0.25, 0.3) is 0 Å². The van der Waals surface area contributed by atoms with Gasteiger partial charge in [-0.15, -0.1) is 12.4 Å². The molecular formula is C17H23ClN4O2S. The van der Waals surface area contributed by atoms with Gasteiger partial charge in [-0.25, -0.2) is 8.42 Å². The van der Waals surface area contributed by atoms with Gasteiger partial charge in [0.05, 0.1) is 10.4 Å². The van der Waals surface area contributed by atoms with Crippen LogP contribution in [0.2, 0.25) is 0 Å². The first-order valence-electron chi connectivity index (χ1n) is 8.44. The van der Waals surface area contributed by atoms with Gasteiger partial charge in [-0.1, -0.05) is 6.07 Å². The number of benzene rings is 1. The maximum atomic E-state index is 13.0. The van der Waals surface area contributed by atoms with Crippen molar-refractivity contribution in [2.45, 2.75) is 17.4 Å². The molecule has 2 aromatic rings.